The van der Waals surface area contributed by atoms with E-state index in [-0.39, 0.29) is 0 Å². The van der Waals surface area contributed by atoms with Crippen molar-refractivity contribution in [2.45, 2.75) is 0 Å². The summed E-state index contributed by atoms with van der Waals surface area (Å²) >= 11 is 4.77. The van der Waals surface area contributed by atoms with Crippen LogP contribution in [0.1, 0.15) is 22.8 Å². The molecule has 196 valence electrons. The summed E-state index contributed by atoms with van der Waals surface area (Å²) in [7, 11) is 0.761. The lowest BCUT2D eigenvalue weighted by Crippen LogP contribution is -1.93. The van der Waals surface area contributed by atoms with Crippen LogP contribution in [0, 0.1) is 0 Å². The number of fused-ring (bicyclic) bond motifs is 8. The normalized spacial score (nSPS) is 12.2. The predicted octanol–water partition coefficient (Wildman–Crippen LogP) is 8.66. The van der Waals surface area contributed by atoms with E-state index in [0.29, 0.717) is 0 Å². The zero-order valence-electron chi connectivity index (χ0n) is 22.1. The number of nitrogens with zero attached hydrogens (tertiary/aromatic N) is 3. The molecule has 0 saturated carbocycles. The minimum absolute atomic E-state index is 0.761. The van der Waals surface area contributed by atoms with Crippen LogP contribution >= 0.6 is 20.8 Å². The van der Waals surface area contributed by atoms with Gasteiger partial charge in [0.1, 0.15) is 0 Å². The molecule has 7 rings (SSSR count). The fraction of sp³-hybridized carbons (Fsp3) is 0.0294. The van der Waals surface area contributed by atoms with E-state index in [1.165, 1.54) is 5.30 Å². The van der Waals surface area contributed by atoms with Gasteiger partial charge in [-0.15, -0.1) is 0 Å². The summed E-state index contributed by atoms with van der Waals surface area (Å²) in [6, 6.07) is 29.3. The van der Waals surface area contributed by atoms with E-state index in [4.69, 9.17) is 22.2 Å². The second-order valence-corrected chi connectivity index (χ2v) is 11.0. The quantitative estimate of drug-likeness (QED) is 0.127. The number of aromatic amines is 2. The molecule has 2 N–H and O–H groups in total. The maximum Gasteiger partial charge on any atom is 0.0739 e. The number of thiocarbonyl (C=S) groups is 1. The molecule has 1 atom stereocenters. The third-order valence-electron chi connectivity index (χ3n) is 7.19. The number of isothiocyanates is 1. The van der Waals surface area contributed by atoms with Gasteiger partial charge in [0.05, 0.1) is 33.6 Å². The highest BCUT2D eigenvalue weighted by molar-refractivity contribution is 7.78. The summed E-state index contributed by atoms with van der Waals surface area (Å²) in [5.41, 5.74) is 12.5. The van der Waals surface area contributed by atoms with Gasteiger partial charge in [0.15, 0.2) is 0 Å². The topological polar surface area (TPSA) is 69.7 Å². The highest BCUT2D eigenvalue weighted by Crippen LogP contribution is 2.33. The Hall–Kier alpha value is -4.73. The van der Waals surface area contributed by atoms with E-state index in [1.807, 2.05) is 30.3 Å². The molecule has 0 saturated heterocycles. The molecule has 0 radical (unpaired) electrons. The number of aromatic nitrogens is 4. The molecular formula is C34H24N5PS. The molecule has 41 heavy (non-hydrogen) atoms. The van der Waals surface area contributed by atoms with Crippen molar-refractivity contribution in [3.63, 3.8) is 0 Å². The van der Waals surface area contributed by atoms with E-state index in [9.17, 15) is 0 Å². The van der Waals surface area contributed by atoms with Gasteiger partial charge in [-0.1, -0.05) is 45.0 Å². The minimum atomic E-state index is 0.761. The lowest BCUT2D eigenvalue weighted by atomic mass is 10.0. The Morgan fingerprint density at radius 2 is 1.17 bits per heavy atom. The number of hydrogen-bond donors (Lipinski definition) is 2. The van der Waals surface area contributed by atoms with Crippen LogP contribution in [-0.2, 0) is 0 Å². The van der Waals surface area contributed by atoms with Crippen LogP contribution in [0.3, 0.4) is 0 Å². The van der Waals surface area contributed by atoms with Gasteiger partial charge < -0.3 is 9.97 Å². The average molecular weight is 566 g/mol. The average Bonchev–Trinajstić information content (AvgIpc) is 3.81. The Morgan fingerprint density at radius 1 is 0.659 bits per heavy atom. The molecule has 0 fully saturated rings. The van der Waals surface area contributed by atoms with Crippen molar-refractivity contribution < 1.29 is 0 Å². The van der Waals surface area contributed by atoms with Crippen molar-refractivity contribution in [2.24, 2.45) is 4.99 Å². The summed E-state index contributed by atoms with van der Waals surface area (Å²) in [6.45, 7) is 2.20. The lowest BCUT2D eigenvalue weighted by molar-refractivity contribution is 1.31. The molecule has 5 heterocycles. The molecule has 3 aromatic heterocycles. The summed E-state index contributed by atoms with van der Waals surface area (Å²) in [5, 5.41) is 3.77. The van der Waals surface area contributed by atoms with E-state index in [2.05, 4.69) is 106 Å². The number of rotatable bonds is 4. The van der Waals surface area contributed by atoms with Gasteiger partial charge in [0.2, 0.25) is 0 Å². The zero-order chi connectivity index (χ0) is 27.8. The Labute approximate surface area is 244 Å². The summed E-state index contributed by atoms with van der Waals surface area (Å²) in [6.07, 6.45) is 8.27. The van der Waals surface area contributed by atoms with Crippen molar-refractivity contribution in [1.29, 1.82) is 0 Å². The van der Waals surface area contributed by atoms with E-state index >= 15 is 0 Å². The molecule has 0 aliphatic carbocycles. The van der Waals surface area contributed by atoms with Crippen molar-refractivity contribution in [2.75, 3.05) is 6.66 Å². The van der Waals surface area contributed by atoms with Gasteiger partial charge in [-0.05, 0) is 108 Å². The van der Waals surface area contributed by atoms with Gasteiger partial charge in [-0.3, -0.25) is 0 Å². The van der Waals surface area contributed by atoms with Gasteiger partial charge >= 0.3 is 0 Å². The molecule has 2 aliphatic heterocycles. The van der Waals surface area contributed by atoms with Gasteiger partial charge in [-0.25, -0.2) is 9.97 Å². The molecule has 0 spiro atoms. The number of hydrogen-bond acceptors (Lipinski definition) is 4. The zero-order valence-corrected chi connectivity index (χ0v) is 24.0. The fourth-order valence-corrected chi connectivity index (χ4v) is 5.84. The maximum absolute atomic E-state index is 5.04. The Bertz CT molecular complexity index is 2080. The Kier molecular flexibility index (Phi) is 6.58. The SMILES string of the molecule is CPc1ccc(-c2c3nc(cc4ccc([nH]4)c(-c4ccc(N=C=S)cc4)c4nc(cc5ccc2[nH]5)C=C4)C=C3)cc1. The first kappa shape index (κ1) is 25.3. The molecular weight excluding hydrogens is 541 g/mol. The van der Waals surface area contributed by atoms with Crippen LogP contribution in [0.25, 0.3) is 68.6 Å². The van der Waals surface area contributed by atoms with Crippen LogP contribution in [0.2, 0.25) is 0 Å². The summed E-state index contributed by atoms with van der Waals surface area (Å²) < 4.78 is 0. The van der Waals surface area contributed by atoms with Crippen molar-refractivity contribution in [3.8, 4) is 22.3 Å². The first-order valence-electron chi connectivity index (χ1n) is 13.2. The lowest BCUT2D eigenvalue weighted by Gasteiger charge is -2.05. The van der Waals surface area contributed by atoms with Crippen LogP contribution in [0.5, 0.6) is 0 Å². The number of nitrogens with one attached hydrogen (secondary N) is 2. The second-order valence-electron chi connectivity index (χ2n) is 9.78. The fourth-order valence-electron chi connectivity index (χ4n) is 5.24. The summed E-state index contributed by atoms with van der Waals surface area (Å²) in [4.78, 5) is 21.4. The highest BCUT2D eigenvalue weighted by atomic mass is 32.1. The van der Waals surface area contributed by atoms with Gasteiger partial charge in [0.25, 0.3) is 0 Å². The molecule has 5 aromatic rings. The molecule has 0 amide bonds. The largest absolute Gasteiger partial charge is 0.355 e. The maximum atomic E-state index is 5.04. The second kappa shape index (κ2) is 10.7. The first-order chi connectivity index (χ1) is 20.2. The predicted molar refractivity (Wildman–Crippen MR) is 178 cm³/mol. The monoisotopic (exact) mass is 565 g/mol. The minimum Gasteiger partial charge on any atom is -0.355 e. The number of benzene rings is 2. The third kappa shape index (κ3) is 5.01. The molecule has 5 nitrogen and oxygen atoms in total. The number of H-pyrrole nitrogens is 2. The molecule has 2 aromatic carbocycles. The Morgan fingerprint density at radius 3 is 1.66 bits per heavy atom. The van der Waals surface area contributed by atoms with Crippen molar-refractivity contribution >= 4 is 83.3 Å². The van der Waals surface area contributed by atoms with Crippen LogP contribution in [-0.4, -0.2) is 31.8 Å². The molecule has 2 aliphatic rings. The van der Waals surface area contributed by atoms with Crippen LogP contribution in [0.4, 0.5) is 5.69 Å². The Balaban J connectivity index is 1.51. The van der Waals surface area contributed by atoms with E-state index in [0.717, 1.165) is 81.4 Å². The van der Waals surface area contributed by atoms with Crippen LogP contribution in [0.15, 0.2) is 89.9 Å². The van der Waals surface area contributed by atoms with E-state index < -0.39 is 0 Å². The van der Waals surface area contributed by atoms with Crippen molar-refractivity contribution in [1.82, 2.24) is 19.9 Å². The van der Waals surface area contributed by atoms with E-state index in [1.54, 1.807) is 0 Å². The first-order valence-corrected chi connectivity index (χ1v) is 15.1. The smallest absolute Gasteiger partial charge is 0.0739 e. The molecule has 7 heteroatoms. The summed E-state index contributed by atoms with van der Waals surface area (Å²) in [5.74, 6) is 0. The van der Waals surface area contributed by atoms with Crippen molar-refractivity contribution in [3.05, 3.63) is 108 Å². The number of aliphatic imine (C=N–C) groups is 1. The third-order valence-corrected chi connectivity index (χ3v) is 8.19. The van der Waals surface area contributed by atoms with Gasteiger partial charge in [-0.2, -0.15) is 4.99 Å². The highest BCUT2D eigenvalue weighted by Gasteiger charge is 2.13. The van der Waals surface area contributed by atoms with Gasteiger partial charge in [0, 0.05) is 33.2 Å². The molecule has 8 bridgehead atoms. The van der Waals surface area contributed by atoms with Crippen LogP contribution < -0.4 is 5.30 Å². The standard InChI is InChI=1S/C34H24N5PS/c1-40-28-12-4-22(5-13-28)34-31-16-10-26(38-31)18-24-8-14-29(36-24)33(21-2-6-23(7-3-21)35-20-41)30-15-9-25(37-30)19-27-11-17-32(34)39-27/h2-19,36,39-40H,1H3. The molecule has 1 unspecified atom stereocenters.